The Balaban J connectivity index is 2.59. The van der Waals surface area contributed by atoms with Gasteiger partial charge in [-0.2, -0.15) is 13.2 Å². The smallest absolute Gasteiger partial charge is 0.382 e. The summed E-state index contributed by atoms with van der Waals surface area (Å²) in [5.74, 6) is 0.222. The van der Waals surface area contributed by atoms with E-state index in [4.69, 9.17) is 0 Å². The van der Waals surface area contributed by atoms with Gasteiger partial charge in [0.1, 0.15) is 5.56 Å². The molecule has 0 aliphatic heterocycles. The predicted octanol–water partition coefficient (Wildman–Crippen LogP) is 6.06. The minimum Gasteiger partial charge on any atom is -0.382 e. The number of halogens is 3. The van der Waals surface area contributed by atoms with E-state index in [0.29, 0.717) is 16.5 Å². The summed E-state index contributed by atoms with van der Waals surface area (Å²) in [6.07, 6.45) is -4.68. The summed E-state index contributed by atoms with van der Waals surface area (Å²) in [7, 11) is 0. The molecule has 0 amide bonds. The van der Waals surface area contributed by atoms with Crippen LogP contribution in [0.25, 0.3) is 21.5 Å². The van der Waals surface area contributed by atoms with Crippen LogP contribution in [0.5, 0.6) is 0 Å². The van der Waals surface area contributed by atoms with Crippen LogP contribution in [0.1, 0.15) is 50.3 Å². The number of rotatable bonds is 3. The minimum absolute atomic E-state index is 0.00317. The molecule has 1 N–H and O–H groups in total. The van der Waals surface area contributed by atoms with E-state index < -0.39 is 17.2 Å². The maximum atomic E-state index is 13.5. The Kier molecular flexibility index (Phi) is 4.37. The van der Waals surface area contributed by atoms with E-state index >= 15 is 0 Å². The molecule has 0 fully saturated rings. The quantitative estimate of drug-likeness (QED) is 0.614. The SMILES string of the molecule is Cc1c(NC(C)C)c2c(=O)c(C(F)(F)F)cc3ccc(C(C)C)cc1c32. The molecule has 138 valence electrons. The lowest BCUT2D eigenvalue weighted by molar-refractivity contribution is -0.138. The Labute approximate surface area is 150 Å². The molecule has 26 heavy (non-hydrogen) atoms. The first-order chi connectivity index (χ1) is 12.0. The second kappa shape index (κ2) is 6.15. The Hall–Kier alpha value is -2.30. The molecule has 0 unspecified atom stereocenters. The standard InChI is InChI=1S/C21H22F3NO/c1-10(2)13-6-7-14-9-16(21(22,23)24)20(26)18-17(14)15(8-13)12(5)19(18)25-11(3)4/h6-11,25H,1-5H3. The fourth-order valence-electron chi connectivity index (χ4n) is 3.48. The van der Waals surface area contributed by atoms with E-state index in [1.165, 1.54) is 0 Å². The average Bonchev–Trinajstić information content (AvgIpc) is 2.67. The van der Waals surface area contributed by atoms with Crippen LogP contribution in [0.4, 0.5) is 18.9 Å². The topological polar surface area (TPSA) is 29.1 Å². The van der Waals surface area contributed by atoms with Gasteiger partial charge in [0.2, 0.25) is 5.43 Å². The summed E-state index contributed by atoms with van der Waals surface area (Å²) in [5.41, 5.74) is 0.281. The van der Waals surface area contributed by atoms with Crippen molar-refractivity contribution in [2.75, 3.05) is 5.32 Å². The van der Waals surface area contributed by atoms with Crippen molar-refractivity contribution >= 4 is 27.2 Å². The van der Waals surface area contributed by atoms with Gasteiger partial charge in [-0.3, -0.25) is 4.79 Å². The zero-order chi connectivity index (χ0) is 19.4. The van der Waals surface area contributed by atoms with Gasteiger partial charge in [0.05, 0.1) is 5.39 Å². The zero-order valence-electron chi connectivity index (χ0n) is 15.5. The van der Waals surface area contributed by atoms with Crippen molar-refractivity contribution < 1.29 is 13.2 Å². The molecule has 0 aromatic heterocycles. The number of nitrogens with one attached hydrogen (secondary N) is 1. The third-order valence-electron chi connectivity index (χ3n) is 4.78. The second-order valence-electron chi connectivity index (χ2n) is 7.44. The van der Waals surface area contributed by atoms with Crippen LogP contribution in [-0.4, -0.2) is 6.04 Å². The lowest BCUT2D eigenvalue weighted by atomic mass is 10.0. The fourth-order valence-corrected chi connectivity index (χ4v) is 3.48. The molecule has 0 bridgehead atoms. The van der Waals surface area contributed by atoms with Gasteiger partial charge in [0, 0.05) is 17.1 Å². The van der Waals surface area contributed by atoms with Gasteiger partial charge in [0.25, 0.3) is 0 Å². The summed E-state index contributed by atoms with van der Waals surface area (Å²) < 4.78 is 40.4. The number of alkyl halides is 3. The maximum Gasteiger partial charge on any atom is 0.420 e. The van der Waals surface area contributed by atoms with Crippen molar-refractivity contribution in [2.45, 2.75) is 52.8 Å². The summed E-state index contributed by atoms with van der Waals surface area (Å²) in [4.78, 5) is 12.8. The van der Waals surface area contributed by atoms with Crippen LogP contribution in [0, 0.1) is 6.92 Å². The van der Waals surface area contributed by atoms with E-state index in [-0.39, 0.29) is 17.3 Å². The highest BCUT2D eigenvalue weighted by molar-refractivity contribution is 6.19. The number of aryl methyl sites for hydroxylation is 1. The lowest BCUT2D eigenvalue weighted by Gasteiger charge is -2.12. The van der Waals surface area contributed by atoms with Gasteiger partial charge in [0.15, 0.2) is 0 Å². The van der Waals surface area contributed by atoms with Crippen molar-refractivity contribution in [1.82, 2.24) is 0 Å². The summed E-state index contributed by atoms with van der Waals surface area (Å²) in [6, 6.07) is 6.52. The molecular formula is C21H22F3NO. The normalized spacial score (nSPS) is 12.7. The molecular weight excluding hydrogens is 339 g/mol. The summed E-state index contributed by atoms with van der Waals surface area (Å²) in [6.45, 7) is 9.73. The molecule has 3 aromatic carbocycles. The highest BCUT2D eigenvalue weighted by Crippen LogP contribution is 2.40. The number of hydrogen-bond acceptors (Lipinski definition) is 2. The first-order valence-corrected chi connectivity index (χ1v) is 8.72. The van der Waals surface area contributed by atoms with E-state index in [1.54, 1.807) is 6.07 Å². The van der Waals surface area contributed by atoms with Crippen molar-refractivity contribution in [2.24, 2.45) is 0 Å². The molecule has 0 saturated heterocycles. The Morgan fingerprint density at radius 3 is 2.19 bits per heavy atom. The zero-order valence-corrected chi connectivity index (χ0v) is 15.5. The van der Waals surface area contributed by atoms with Crippen LogP contribution in [-0.2, 0) is 6.18 Å². The van der Waals surface area contributed by atoms with Crippen LogP contribution < -0.4 is 10.7 Å². The third-order valence-corrected chi connectivity index (χ3v) is 4.78. The Morgan fingerprint density at radius 1 is 1.00 bits per heavy atom. The van der Waals surface area contributed by atoms with E-state index in [1.807, 2.05) is 46.8 Å². The molecule has 0 heterocycles. The molecule has 5 heteroatoms. The molecule has 3 rings (SSSR count). The average molecular weight is 361 g/mol. The molecule has 0 aliphatic carbocycles. The van der Waals surface area contributed by atoms with Crippen LogP contribution >= 0.6 is 0 Å². The summed E-state index contributed by atoms with van der Waals surface area (Å²) >= 11 is 0. The summed E-state index contributed by atoms with van der Waals surface area (Å²) in [5, 5.41) is 5.21. The number of hydrogen-bond donors (Lipinski definition) is 1. The van der Waals surface area contributed by atoms with Crippen molar-refractivity contribution in [3.63, 3.8) is 0 Å². The molecule has 3 aromatic rings. The first-order valence-electron chi connectivity index (χ1n) is 8.72. The van der Waals surface area contributed by atoms with Gasteiger partial charge in [-0.15, -0.1) is 0 Å². The monoisotopic (exact) mass is 361 g/mol. The minimum atomic E-state index is -4.68. The van der Waals surface area contributed by atoms with Crippen LogP contribution in [0.15, 0.2) is 29.1 Å². The second-order valence-corrected chi connectivity index (χ2v) is 7.44. The molecule has 0 atom stereocenters. The van der Waals surface area contributed by atoms with Crippen molar-refractivity contribution in [1.29, 1.82) is 0 Å². The molecule has 0 spiro atoms. The first kappa shape index (κ1) is 18.5. The Bertz CT molecular complexity index is 1040. The highest BCUT2D eigenvalue weighted by Gasteiger charge is 2.35. The number of benzene rings is 1. The van der Waals surface area contributed by atoms with Gasteiger partial charge < -0.3 is 5.32 Å². The van der Waals surface area contributed by atoms with Crippen molar-refractivity contribution in [3.8, 4) is 0 Å². The van der Waals surface area contributed by atoms with Gasteiger partial charge >= 0.3 is 6.18 Å². The van der Waals surface area contributed by atoms with Gasteiger partial charge in [-0.1, -0.05) is 32.0 Å². The predicted molar refractivity (Wildman–Crippen MR) is 101 cm³/mol. The third kappa shape index (κ3) is 2.89. The fraction of sp³-hybridized carbons (Fsp3) is 0.381. The largest absolute Gasteiger partial charge is 0.420 e. The lowest BCUT2D eigenvalue weighted by Crippen LogP contribution is -2.20. The Morgan fingerprint density at radius 2 is 1.65 bits per heavy atom. The molecule has 2 nitrogen and oxygen atoms in total. The highest BCUT2D eigenvalue weighted by atomic mass is 19.4. The van der Waals surface area contributed by atoms with E-state index in [2.05, 4.69) is 5.32 Å². The van der Waals surface area contributed by atoms with Crippen LogP contribution in [0.3, 0.4) is 0 Å². The van der Waals surface area contributed by atoms with Crippen molar-refractivity contribution in [3.05, 3.63) is 51.2 Å². The van der Waals surface area contributed by atoms with E-state index in [0.717, 1.165) is 22.6 Å². The maximum absolute atomic E-state index is 13.5. The number of anilines is 1. The molecule has 0 radical (unpaired) electrons. The van der Waals surface area contributed by atoms with Gasteiger partial charge in [-0.05, 0) is 54.7 Å². The van der Waals surface area contributed by atoms with Gasteiger partial charge in [-0.25, -0.2) is 0 Å². The molecule has 0 saturated carbocycles. The van der Waals surface area contributed by atoms with E-state index in [9.17, 15) is 18.0 Å². The van der Waals surface area contributed by atoms with Crippen LogP contribution in [0.2, 0.25) is 0 Å². The molecule has 0 aliphatic rings.